The van der Waals surface area contributed by atoms with E-state index in [1.54, 1.807) is 12.5 Å². The number of rotatable bonds is 14. The summed E-state index contributed by atoms with van der Waals surface area (Å²) in [5.74, 6) is 1.11. The van der Waals surface area contributed by atoms with Gasteiger partial charge in [0.25, 0.3) is 0 Å². The van der Waals surface area contributed by atoms with Crippen LogP contribution >= 0.6 is 23.2 Å². The smallest absolute Gasteiger partial charge is 0.249 e. The van der Waals surface area contributed by atoms with Crippen molar-refractivity contribution in [3.8, 4) is 0 Å². The van der Waals surface area contributed by atoms with Crippen molar-refractivity contribution in [3.63, 3.8) is 0 Å². The highest BCUT2D eigenvalue weighted by atomic mass is 35.5. The molecule has 0 aliphatic rings. The van der Waals surface area contributed by atoms with Crippen LogP contribution in [-0.2, 0) is 26.2 Å². The first kappa shape index (κ1) is 59.7. The summed E-state index contributed by atoms with van der Waals surface area (Å²) in [6.45, 7) is 24.3. The Morgan fingerprint density at radius 1 is 0.451 bits per heavy atom. The van der Waals surface area contributed by atoms with E-state index < -0.39 is 0 Å². The summed E-state index contributed by atoms with van der Waals surface area (Å²) < 4.78 is 20.2. The zero-order valence-electron chi connectivity index (χ0n) is 40.8. The summed E-state index contributed by atoms with van der Waals surface area (Å²) in [5, 5.41) is 0. The van der Waals surface area contributed by atoms with Crippen molar-refractivity contribution in [1.29, 1.82) is 0 Å². The quantitative estimate of drug-likeness (QED) is 0.107. The Morgan fingerprint density at radius 3 is 1.11 bits per heavy atom. The third kappa shape index (κ3) is 13.7. The Kier molecular flexibility index (Phi) is 24.4. The molecular weight excluding hydrogens is 1010 g/mol. The second-order valence-electron chi connectivity index (χ2n) is 16.4. The summed E-state index contributed by atoms with van der Waals surface area (Å²) in [5.41, 5.74) is 12.2. The van der Waals surface area contributed by atoms with Crippen LogP contribution in [0.5, 0.6) is 0 Å². The van der Waals surface area contributed by atoms with Gasteiger partial charge < -0.3 is 54.2 Å². The van der Waals surface area contributed by atoms with E-state index in [9.17, 15) is 0 Å². The van der Waals surface area contributed by atoms with Gasteiger partial charge in [-0.1, -0.05) is 94.2 Å². The van der Waals surface area contributed by atoms with Crippen LogP contribution in [0, 0.1) is 0 Å². The fourth-order valence-corrected chi connectivity index (χ4v) is 8.45. The topological polar surface area (TPSA) is 53.1 Å². The molecule has 0 saturated heterocycles. The average molecular weight is 1080 g/mol. The molecule has 0 N–H and O–H groups in total. The summed E-state index contributed by atoms with van der Waals surface area (Å²) in [7, 11) is 0. The van der Waals surface area contributed by atoms with Crippen LogP contribution in [0.15, 0.2) is 173 Å². The maximum absolute atomic E-state index is 5.05. The van der Waals surface area contributed by atoms with Crippen LogP contribution in [0.3, 0.4) is 0 Å². The van der Waals surface area contributed by atoms with Gasteiger partial charge in [-0.15, -0.1) is 23.2 Å². The predicted octanol–water partition coefficient (Wildman–Crippen LogP) is -0.498. The molecule has 2 unspecified atom stereocenters. The minimum Gasteiger partial charge on any atom is -1.00 e. The van der Waals surface area contributed by atoms with Gasteiger partial charge in [-0.25, -0.2) is 41.5 Å². The third-order valence-corrected chi connectivity index (χ3v) is 12.9. The molecule has 0 amide bonds. The molecule has 10 rings (SSSR count). The predicted molar refractivity (Wildman–Crippen MR) is 279 cm³/mol. The largest absolute Gasteiger partial charge is 1.00 e. The molecule has 0 fully saturated rings. The first-order valence-electron chi connectivity index (χ1n) is 23.2. The van der Waals surface area contributed by atoms with Crippen molar-refractivity contribution in [2.45, 2.75) is 78.8 Å². The molecule has 10 aromatic rings. The van der Waals surface area contributed by atoms with Crippen LogP contribution in [0.25, 0.3) is 73.8 Å². The van der Waals surface area contributed by atoms with Crippen molar-refractivity contribution in [2.24, 2.45) is 0 Å². The standard InChI is InChI=1S/C24H32N4.C20H20N4.C9H8N2.C2H4Cl2.4ClH/c1-5-19(3)27-17-25(21-11-7-9-13-23(21)27)15-16-26-18-28(20(4)6-2)24-14-10-8-12-22(24)26;1-3-21-15-23(19-11-7-5-9-17(19)21)13-14-24-16-22(4-2)18-10-6-8-12-20(18)24;1-2-11-7-10-8-5-3-4-6-9(8)11;3-1-2-4;;;;/h7-14,17-20H,5-6,15-16H2,1-4H3;3-12,15-16H,1-2,13-14H2;2-7H,1H2;1-2H2;4*1H/q2*+2;;;;;;/p-4. The Morgan fingerprint density at radius 2 is 0.761 bits per heavy atom. The van der Waals surface area contributed by atoms with E-state index in [1.807, 2.05) is 41.2 Å². The molecule has 0 aliphatic carbocycles. The Balaban J connectivity index is 0.000000281. The molecule has 376 valence electrons. The molecule has 10 nitrogen and oxygen atoms in total. The molecule has 0 spiro atoms. The van der Waals surface area contributed by atoms with Crippen LogP contribution in [0.4, 0.5) is 0 Å². The lowest BCUT2D eigenvalue weighted by Crippen LogP contribution is -3.00. The number of nitrogens with zero attached hydrogens (tertiary/aromatic N) is 10. The van der Waals surface area contributed by atoms with Gasteiger partial charge in [0.05, 0.1) is 41.8 Å². The van der Waals surface area contributed by atoms with Gasteiger partial charge >= 0.3 is 0 Å². The Hall–Kier alpha value is -5.59. The number of aromatic nitrogens is 10. The van der Waals surface area contributed by atoms with Crippen LogP contribution < -0.4 is 67.9 Å². The zero-order valence-corrected chi connectivity index (χ0v) is 45.4. The summed E-state index contributed by atoms with van der Waals surface area (Å²) in [4.78, 5) is 4.18. The minimum atomic E-state index is 0. The van der Waals surface area contributed by atoms with Gasteiger partial charge in [-0.3, -0.25) is 0 Å². The maximum Gasteiger partial charge on any atom is 0.249 e. The summed E-state index contributed by atoms with van der Waals surface area (Å²) in [6.07, 6.45) is 18.3. The number of para-hydroxylation sites is 10. The van der Waals surface area contributed by atoms with Gasteiger partial charge in [-0.2, -0.15) is 0 Å². The highest BCUT2D eigenvalue weighted by molar-refractivity contribution is 6.25. The van der Waals surface area contributed by atoms with E-state index in [0.29, 0.717) is 23.8 Å². The first-order valence-corrected chi connectivity index (χ1v) is 24.2. The lowest BCUT2D eigenvalue weighted by Gasteiger charge is -2.04. The van der Waals surface area contributed by atoms with Crippen molar-refractivity contribution >= 4 is 97.0 Å². The fourth-order valence-electron chi connectivity index (χ4n) is 8.45. The van der Waals surface area contributed by atoms with E-state index in [-0.39, 0.29) is 49.6 Å². The molecule has 5 aromatic carbocycles. The molecule has 16 heteroatoms. The number of benzene rings is 5. The normalized spacial score (nSPS) is 11.3. The lowest BCUT2D eigenvalue weighted by atomic mass is 10.2. The average Bonchev–Trinajstić information content (AvgIpc) is 4.22. The Bertz CT molecular complexity index is 3060. The molecule has 71 heavy (non-hydrogen) atoms. The Labute approximate surface area is 453 Å². The zero-order chi connectivity index (χ0) is 47.3. The SMILES string of the molecule is C=Cn1c[n+](CC[n+]2cn(C=C)c3ccccc32)c2ccccc21.C=Cn1cnc2ccccc21.CCC(C)n1c[n+](CC[n+]2cn(C(C)CC)c3ccccc32)c2ccccc21.ClCCCl.[Cl-].[Cl-].[Cl-].[Cl-]. The van der Waals surface area contributed by atoms with Crippen molar-refractivity contribution in [1.82, 2.24) is 27.8 Å². The van der Waals surface area contributed by atoms with E-state index in [2.05, 4.69) is 211 Å². The van der Waals surface area contributed by atoms with E-state index in [4.69, 9.17) is 23.2 Å². The van der Waals surface area contributed by atoms with Crippen molar-refractivity contribution < 1.29 is 67.9 Å². The van der Waals surface area contributed by atoms with Gasteiger partial charge in [0.15, 0.2) is 44.1 Å². The van der Waals surface area contributed by atoms with Gasteiger partial charge in [0, 0.05) is 18.0 Å². The number of hydrogen-bond donors (Lipinski definition) is 0. The first-order chi connectivity index (χ1) is 32.8. The second-order valence-corrected chi connectivity index (χ2v) is 17.2. The summed E-state index contributed by atoms with van der Waals surface area (Å²) >= 11 is 10.1. The van der Waals surface area contributed by atoms with Gasteiger partial charge in [-0.05, 0) is 87.4 Å². The van der Waals surface area contributed by atoms with Gasteiger partial charge in [0.1, 0.15) is 26.2 Å². The molecule has 0 bridgehead atoms. The maximum atomic E-state index is 5.05. The lowest BCUT2D eigenvalue weighted by molar-refractivity contribution is -0.755. The van der Waals surface area contributed by atoms with Gasteiger partial charge in [0.2, 0.25) is 25.3 Å². The van der Waals surface area contributed by atoms with E-state index >= 15 is 0 Å². The number of halogens is 6. The van der Waals surface area contributed by atoms with E-state index in [0.717, 1.165) is 50.1 Å². The van der Waals surface area contributed by atoms with Crippen LogP contribution in [0.2, 0.25) is 0 Å². The number of alkyl halides is 2. The number of fused-ring (bicyclic) bond motifs is 5. The van der Waals surface area contributed by atoms with Crippen molar-refractivity contribution in [2.75, 3.05) is 11.8 Å². The van der Waals surface area contributed by atoms with Crippen molar-refractivity contribution in [3.05, 3.63) is 173 Å². The molecule has 5 aromatic heterocycles. The molecule has 0 saturated carbocycles. The minimum absolute atomic E-state index is 0. The molecule has 0 radical (unpaired) electrons. The third-order valence-electron chi connectivity index (χ3n) is 12.4. The number of imidazole rings is 5. The fraction of sp³-hybridized carbons (Fsp3) is 0.255. The highest BCUT2D eigenvalue weighted by Gasteiger charge is 2.23. The molecular formula is C55H64Cl6N10. The molecule has 2 atom stereocenters. The van der Waals surface area contributed by atoms with Crippen LogP contribution in [0.1, 0.15) is 52.6 Å². The van der Waals surface area contributed by atoms with Crippen LogP contribution in [-0.4, -0.2) is 39.6 Å². The second kappa shape index (κ2) is 29.1. The molecule has 5 heterocycles. The highest BCUT2D eigenvalue weighted by Crippen LogP contribution is 2.20. The number of hydrogen-bond acceptors (Lipinski definition) is 1. The monoisotopic (exact) mass is 1070 g/mol. The molecule has 0 aliphatic heterocycles. The van der Waals surface area contributed by atoms with E-state index in [1.165, 1.54) is 44.1 Å². The summed E-state index contributed by atoms with van der Waals surface area (Å²) in [6, 6.07) is 43.3. The number of aryl methyl sites for hydroxylation is 4.